The molecule has 2 saturated carbocycles. The van der Waals surface area contributed by atoms with Crippen molar-refractivity contribution in [2.45, 2.75) is 170 Å². The van der Waals surface area contributed by atoms with Gasteiger partial charge in [0.25, 0.3) is 0 Å². The lowest BCUT2D eigenvalue weighted by atomic mass is 9.43. The molecule has 0 heterocycles. The number of aliphatic hydroxyl groups excluding tert-OH is 1. The Bertz CT molecular complexity index is 944. The number of hydrogen-bond acceptors (Lipinski definition) is 3. The zero-order chi connectivity index (χ0) is 29.4. The molecule has 4 heteroatoms. The molecule has 0 aromatic carbocycles. The second-order valence-corrected chi connectivity index (χ2v) is 21.9. The van der Waals surface area contributed by atoms with E-state index in [1.807, 2.05) is 11.1 Å². The maximum Gasteiger partial charge on any atom is 0.189 e. The minimum Gasteiger partial charge on any atom is -0.414 e. The maximum atomic E-state index is 10.5. The van der Waals surface area contributed by atoms with Gasteiger partial charge in [0.05, 0.1) is 17.8 Å². The van der Waals surface area contributed by atoms with Crippen LogP contribution in [-0.2, 0) is 4.43 Å². The second-order valence-electron chi connectivity index (χ2n) is 17.3. The zero-order valence-electron chi connectivity index (χ0n) is 27.8. The van der Waals surface area contributed by atoms with Crippen molar-refractivity contribution in [2.24, 2.45) is 39.4 Å². The molecule has 0 aliphatic heterocycles. The Kier molecular flexibility index (Phi) is 8.33. The molecule has 0 aromatic rings. The lowest BCUT2D eigenvalue weighted by Crippen LogP contribution is -2.57. The first-order valence-electron chi connectivity index (χ1n) is 16.5. The first-order chi connectivity index (χ1) is 17.7. The molecule has 3 unspecified atom stereocenters. The van der Waals surface area contributed by atoms with Crippen LogP contribution >= 0.6 is 0 Å². The van der Waals surface area contributed by atoms with Gasteiger partial charge in [-0.05, 0) is 136 Å². The van der Waals surface area contributed by atoms with Gasteiger partial charge in [-0.25, -0.2) is 0 Å². The van der Waals surface area contributed by atoms with Gasteiger partial charge in [-0.15, -0.1) is 0 Å². The lowest BCUT2D eigenvalue weighted by Gasteiger charge is -2.63. The van der Waals surface area contributed by atoms with Gasteiger partial charge in [0.15, 0.2) is 8.32 Å². The highest BCUT2D eigenvalue weighted by molar-refractivity contribution is 6.72. The van der Waals surface area contributed by atoms with Crippen LogP contribution in [-0.4, -0.2) is 36.3 Å². The van der Waals surface area contributed by atoms with Crippen LogP contribution in [0.4, 0.5) is 0 Å². The van der Waals surface area contributed by atoms with Crippen LogP contribution in [0.15, 0.2) is 11.1 Å². The Morgan fingerprint density at radius 2 is 1.54 bits per heavy atom. The van der Waals surface area contributed by atoms with E-state index in [1.165, 1.54) is 51.4 Å². The molecule has 4 aliphatic rings. The minimum absolute atomic E-state index is 0.209. The van der Waals surface area contributed by atoms with Gasteiger partial charge in [-0.2, -0.15) is 0 Å². The van der Waals surface area contributed by atoms with Gasteiger partial charge >= 0.3 is 0 Å². The lowest BCUT2D eigenvalue weighted by molar-refractivity contribution is -0.0896. The van der Waals surface area contributed by atoms with Crippen LogP contribution in [0.3, 0.4) is 0 Å². The van der Waals surface area contributed by atoms with E-state index in [9.17, 15) is 10.2 Å². The van der Waals surface area contributed by atoms with Crippen LogP contribution in [0.25, 0.3) is 0 Å². The zero-order valence-corrected chi connectivity index (χ0v) is 28.8. The van der Waals surface area contributed by atoms with Gasteiger partial charge in [-0.1, -0.05) is 66.5 Å². The summed E-state index contributed by atoms with van der Waals surface area (Å²) in [6.45, 7) is 28.4. The highest BCUT2D eigenvalue weighted by Gasteiger charge is 2.63. The van der Waals surface area contributed by atoms with Crippen LogP contribution in [0, 0.1) is 39.4 Å². The molecule has 8 atom stereocenters. The third-order valence-electron chi connectivity index (χ3n) is 14.0. The fourth-order valence-electron chi connectivity index (χ4n) is 10.3. The first kappa shape index (κ1) is 31.8. The summed E-state index contributed by atoms with van der Waals surface area (Å²) in [5, 5.41) is 20.8. The molecule has 2 N–H and O–H groups in total. The molecule has 0 aromatic heterocycles. The topological polar surface area (TPSA) is 49.7 Å². The number of fused-ring (bicyclic) bond motifs is 4. The molecular formula is C35H64O3Si. The number of rotatable bonds is 8. The number of allylic oxidation sites excluding steroid dienone is 2. The van der Waals surface area contributed by atoms with Crippen molar-refractivity contribution >= 4 is 8.32 Å². The molecule has 0 amide bonds. The molecule has 4 rings (SSSR count). The highest BCUT2D eigenvalue weighted by Crippen LogP contribution is 2.72. The Hall–Kier alpha value is -0.163. The normalized spacial score (nSPS) is 40.2. The maximum absolute atomic E-state index is 10.5. The summed E-state index contributed by atoms with van der Waals surface area (Å²) in [5.41, 5.74) is 4.49. The van der Waals surface area contributed by atoms with Crippen LogP contribution in [0.2, 0.25) is 18.6 Å². The Labute approximate surface area is 243 Å². The van der Waals surface area contributed by atoms with E-state index in [0.29, 0.717) is 52.1 Å². The molecule has 226 valence electrons. The highest BCUT2D eigenvalue weighted by atomic mass is 28.4. The van der Waals surface area contributed by atoms with E-state index in [-0.39, 0.29) is 5.41 Å². The van der Waals surface area contributed by atoms with Crippen LogP contribution in [0.1, 0.15) is 133 Å². The summed E-state index contributed by atoms with van der Waals surface area (Å²) in [7, 11) is -1.70. The van der Waals surface area contributed by atoms with Crippen molar-refractivity contribution in [2.75, 3.05) is 0 Å². The SMILES string of the molecule is CC(CCC(O)C(C)(C)O)C1CC[C@@]2(C)C3=C(CC[C@]12C)[C@@]1(C)CC[C@H](O[Si](C)(C)C(C)C)C(C)(C)[C@@H]1CC3. The van der Waals surface area contributed by atoms with Crippen molar-refractivity contribution in [1.29, 1.82) is 0 Å². The molecule has 4 aliphatic carbocycles. The van der Waals surface area contributed by atoms with E-state index >= 15 is 0 Å². The standard InChI is InChI=1S/C35H64O3Si/c1-23(2)39(11,12)38-30-19-20-33(8)26-18-22-34(9)25(24(3)13-16-29(36)32(6,7)37)17-21-35(34,10)27(26)14-15-28(33)31(30,4)5/h23-25,28-30,36-37H,13-22H2,1-12H3/t24?,25?,28-,29?,30-,33+,34+,35-/m0/s1. The van der Waals surface area contributed by atoms with Crippen molar-refractivity contribution in [3.05, 3.63) is 11.1 Å². The summed E-state index contributed by atoms with van der Waals surface area (Å²) in [4.78, 5) is 0. The van der Waals surface area contributed by atoms with E-state index in [0.717, 1.165) is 6.42 Å². The molecule has 0 saturated heterocycles. The smallest absolute Gasteiger partial charge is 0.189 e. The molecule has 0 radical (unpaired) electrons. The van der Waals surface area contributed by atoms with Crippen molar-refractivity contribution < 1.29 is 14.6 Å². The van der Waals surface area contributed by atoms with E-state index in [1.54, 1.807) is 13.8 Å². The summed E-state index contributed by atoms with van der Waals surface area (Å²) >= 11 is 0. The Morgan fingerprint density at radius 1 is 0.897 bits per heavy atom. The van der Waals surface area contributed by atoms with Gasteiger partial charge in [-0.3, -0.25) is 0 Å². The fraction of sp³-hybridized carbons (Fsp3) is 0.943. The monoisotopic (exact) mass is 560 g/mol. The van der Waals surface area contributed by atoms with Crippen molar-refractivity contribution in [1.82, 2.24) is 0 Å². The third kappa shape index (κ3) is 5.08. The fourth-order valence-corrected chi connectivity index (χ4v) is 11.7. The molecule has 0 bridgehead atoms. The van der Waals surface area contributed by atoms with Crippen LogP contribution in [0.5, 0.6) is 0 Å². The summed E-state index contributed by atoms with van der Waals surface area (Å²) in [5.74, 6) is 1.97. The average Bonchev–Trinajstić information content (AvgIpc) is 3.10. The second kappa shape index (κ2) is 10.2. The quantitative estimate of drug-likeness (QED) is 0.230. The van der Waals surface area contributed by atoms with E-state index in [4.69, 9.17) is 4.43 Å². The number of aliphatic hydroxyl groups is 2. The van der Waals surface area contributed by atoms with Gasteiger partial charge in [0.2, 0.25) is 0 Å². The van der Waals surface area contributed by atoms with Gasteiger partial charge < -0.3 is 14.6 Å². The molecule has 3 nitrogen and oxygen atoms in total. The number of hydrogen-bond donors (Lipinski definition) is 2. The average molecular weight is 561 g/mol. The predicted molar refractivity (Wildman–Crippen MR) is 167 cm³/mol. The summed E-state index contributed by atoms with van der Waals surface area (Å²) in [6, 6.07) is 0. The third-order valence-corrected chi connectivity index (χ3v) is 17.7. The summed E-state index contributed by atoms with van der Waals surface area (Å²) in [6.07, 6.45) is 11.7. The van der Waals surface area contributed by atoms with Crippen LogP contribution < -0.4 is 0 Å². The minimum atomic E-state index is -1.70. The molecule has 2 fully saturated rings. The largest absolute Gasteiger partial charge is 0.414 e. The van der Waals surface area contributed by atoms with Crippen molar-refractivity contribution in [3.63, 3.8) is 0 Å². The molecule has 0 spiro atoms. The Balaban J connectivity index is 1.58. The van der Waals surface area contributed by atoms with E-state index < -0.39 is 20.0 Å². The first-order valence-corrected chi connectivity index (χ1v) is 19.5. The van der Waals surface area contributed by atoms with Crippen molar-refractivity contribution in [3.8, 4) is 0 Å². The molecular weight excluding hydrogens is 496 g/mol. The Morgan fingerprint density at radius 3 is 2.13 bits per heavy atom. The molecule has 39 heavy (non-hydrogen) atoms. The van der Waals surface area contributed by atoms with E-state index in [2.05, 4.69) is 68.5 Å². The summed E-state index contributed by atoms with van der Waals surface area (Å²) < 4.78 is 7.08. The van der Waals surface area contributed by atoms with Gasteiger partial charge in [0, 0.05) is 0 Å². The predicted octanol–water partition coefficient (Wildman–Crippen LogP) is 9.28. The van der Waals surface area contributed by atoms with Gasteiger partial charge in [0.1, 0.15) is 0 Å².